The summed E-state index contributed by atoms with van der Waals surface area (Å²) in [6, 6.07) is 11.1. The van der Waals surface area contributed by atoms with Crippen molar-refractivity contribution in [3.8, 4) is 11.5 Å². The van der Waals surface area contributed by atoms with E-state index in [4.69, 9.17) is 21.1 Å². The predicted octanol–water partition coefficient (Wildman–Crippen LogP) is 5.13. The first-order valence-corrected chi connectivity index (χ1v) is 14.5. The van der Waals surface area contributed by atoms with Crippen LogP contribution >= 0.6 is 11.6 Å². The van der Waals surface area contributed by atoms with E-state index in [-0.39, 0.29) is 29.6 Å². The minimum atomic E-state index is -0.206. The van der Waals surface area contributed by atoms with Crippen molar-refractivity contribution in [3.63, 3.8) is 0 Å². The summed E-state index contributed by atoms with van der Waals surface area (Å²) in [5.74, 6) is 0.587. The topological polar surface area (TPSA) is 111 Å². The van der Waals surface area contributed by atoms with Gasteiger partial charge in [0, 0.05) is 53.8 Å². The number of hydrogen-bond donors (Lipinski definition) is 3. The molecule has 3 aliphatic rings. The Morgan fingerprint density at radius 3 is 2.58 bits per heavy atom. The molecule has 1 aliphatic carbocycles. The highest BCUT2D eigenvalue weighted by Gasteiger charge is 2.36. The number of ether oxygens (including phenoxy) is 2. The summed E-state index contributed by atoms with van der Waals surface area (Å²) >= 11 is 6.41. The van der Waals surface area contributed by atoms with Crippen LogP contribution in [0, 0.1) is 0 Å². The Balaban J connectivity index is 1.21. The van der Waals surface area contributed by atoms with E-state index in [1.807, 2.05) is 24.3 Å². The second-order valence-corrected chi connectivity index (χ2v) is 11.2. The van der Waals surface area contributed by atoms with Crippen LogP contribution in [0.15, 0.2) is 36.4 Å². The number of H-pyrrole nitrogens is 2. The van der Waals surface area contributed by atoms with Crippen LogP contribution in [0.1, 0.15) is 58.1 Å². The van der Waals surface area contributed by atoms with Crippen molar-refractivity contribution in [1.82, 2.24) is 14.9 Å². The molecule has 208 valence electrons. The van der Waals surface area contributed by atoms with E-state index in [0.29, 0.717) is 66.7 Å². The second-order valence-electron chi connectivity index (χ2n) is 10.9. The van der Waals surface area contributed by atoms with Crippen LogP contribution in [0.3, 0.4) is 0 Å². The van der Waals surface area contributed by atoms with E-state index >= 15 is 0 Å². The summed E-state index contributed by atoms with van der Waals surface area (Å²) in [4.78, 5) is 36.7. The van der Waals surface area contributed by atoms with Gasteiger partial charge in [-0.25, -0.2) is 0 Å². The number of fused-ring (bicyclic) bond motifs is 4. The molecule has 3 N–H and O–H groups in total. The summed E-state index contributed by atoms with van der Waals surface area (Å²) in [5, 5.41) is 12.6. The highest BCUT2D eigenvalue weighted by Crippen LogP contribution is 2.46. The molecule has 7 rings (SSSR count). The van der Waals surface area contributed by atoms with E-state index in [2.05, 4.69) is 9.97 Å². The number of halogens is 1. The normalized spacial score (nSPS) is 19.6. The van der Waals surface area contributed by atoms with Crippen LogP contribution in [0.5, 0.6) is 11.5 Å². The monoisotopic (exact) mass is 562 g/mol. The number of morpholine rings is 1. The van der Waals surface area contributed by atoms with E-state index in [1.165, 1.54) is 12.8 Å². The first-order valence-electron chi connectivity index (χ1n) is 13.9. The van der Waals surface area contributed by atoms with E-state index < -0.39 is 0 Å². The second kappa shape index (κ2) is 10.1. The van der Waals surface area contributed by atoms with Crippen LogP contribution in [0.4, 0.5) is 5.69 Å². The van der Waals surface area contributed by atoms with Gasteiger partial charge in [-0.2, -0.15) is 0 Å². The van der Waals surface area contributed by atoms with Crippen molar-refractivity contribution < 1.29 is 24.2 Å². The lowest BCUT2D eigenvalue weighted by Gasteiger charge is -2.26. The molecule has 2 fully saturated rings. The number of phenols is 1. The van der Waals surface area contributed by atoms with Crippen molar-refractivity contribution >= 4 is 50.9 Å². The van der Waals surface area contributed by atoms with Gasteiger partial charge in [-0.3, -0.25) is 9.59 Å². The van der Waals surface area contributed by atoms with Crippen molar-refractivity contribution in [2.24, 2.45) is 0 Å². The molecule has 0 unspecified atom stereocenters. The van der Waals surface area contributed by atoms with Crippen LogP contribution in [0.25, 0.3) is 21.8 Å². The third-order valence-corrected chi connectivity index (χ3v) is 8.78. The maximum absolute atomic E-state index is 13.8. The lowest BCUT2D eigenvalue weighted by Crippen LogP contribution is -2.40. The first-order chi connectivity index (χ1) is 19.5. The van der Waals surface area contributed by atoms with Crippen molar-refractivity contribution in [1.29, 1.82) is 0 Å². The highest BCUT2D eigenvalue weighted by atomic mass is 35.5. The molecule has 2 aromatic carbocycles. The average Bonchev–Trinajstić information content (AvgIpc) is 3.77. The summed E-state index contributed by atoms with van der Waals surface area (Å²) in [7, 11) is 0. The van der Waals surface area contributed by atoms with Gasteiger partial charge in [0.25, 0.3) is 11.8 Å². The highest BCUT2D eigenvalue weighted by molar-refractivity contribution is 6.19. The molecule has 0 spiro atoms. The molecule has 2 amide bonds. The fourth-order valence-electron chi connectivity index (χ4n) is 6.36. The number of hydrogen-bond acceptors (Lipinski definition) is 5. The van der Waals surface area contributed by atoms with Gasteiger partial charge in [-0.15, -0.1) is 11.6 Å². The number of aromatic hydroxyl groups is 1. The van der Waals surface area contributed by atoms with Gasteiger partial charge < -0.3 is 34.3 Å². The summed E-state index contributed by atoms with van der Waals surface area (Å²) in [6.07, 6.45) is 4.82. The molecule has 1 saturated heterocycles. The Kier molecular flexibility index (Phi) is 6.35. The SMILES string of the molecule is O=C(c1cc2c3c(cc(O)c2[nH]1)N(C(=O)c1cc2cc(OC4CCCC4)ccc2[nH]1)C[C@H]3CCl)N1CCOCC1. The van der Waals surface area contributed by atoms with E-state index in [0.717, 1.165) is 35.1 Å². The molecule has 2 aliphatic heterocycles. The number of amides is 2. The van der Waals surface area contributed by atoms with Crippen LogP contribution in [-0.2, 0) is 4.74 Å². The van der Waals surface area contributed by atoms with Gasteiger partial charge in [-0.05, 0) is 61.6 Å². The minimum absolute atomic E-state index is 0.0202. The smallest absolute Gasteiger partial charge is 0.274 e. The predicted molar refractivity (Wildman–Crippen MR) is 153 cm³/mol. The number of nitrogens with zero attached hydrogens (tertiary/aromatic N) is 2. The fraction of sp³-hybridized carbons (Fsp3) is 0.400. The van der Waals surface area contributed by atoms with Gasteiger partial charge in [0.2, 0.25) is 0 Å². The number of carbonyl (C=O) groups excluding carboxylic acids is 2. The zero-order valence-corrected chi connectivity index (χ0v) is 22.8. The minimum Gasteiger partial charge on any atom is -0.506 e. The summed E-state index contributed by atoms with van der Waals surface area (Å²) < 4.78 is 11.5. The molecule has 9 nitrogen and oxygen atoms in total. The molecule has 0 bridgehead atoms. The molecule has 2 aromatic heterocycles. The number of carbonyl (C=O) groups is 2. The fourth-order valence-corrected chi connectivity index (χ4v) is 6.61. The molecular formula is C30H31ClN4O5. The average molecular weight is 563 g/mol. The van der Waals surface area contributed by atoms with Gasteiger partial charge in [0.1, 0.15) is 22.9 Å². The number of nitrogens with one attached hydrogen (secondary N) is 2. The number of alkyl halides is 1. The maximum atomic E-state index is 13.8. The lowest BCUT2D eigenvalue weighted by atomic mass is 9.98. The van der Waals surface area contributed by atoms with Gasteiger partial charge >= 0.3 is 0 Å². The molecule has 4 aromatic rings. The maximum Gasteiger partial charge on any atom is 0.274 e. The lowest BCUT2D eigenvalue weighted by molar-refractivity contribution is 0.0299. The Morgan fingerprint density at radius 2 is 1.80 bits per heavy atom. The molecule has 40 heavy (non-hydrogen) atoms. The molecule has 0 radical (unpaired) electrons. The standard InChI is InChI=1S/C30H31ClN4O5/c31-15-18-16-35(30(38)23-12-17-11-20(5-6-22(17)32-23)40-19-3-1-2-4-19)25-14-26(36)28-21(27(18)25)13-24(33-28)29(37)34-7-9-39-10-8-34/h5-6,11-14,18-19,32-33,36H,1-4,7-10,15-16H2/t18-/m1/s1. The van der Waals surface area contributed by atoms with E-state index in [9.17, 15) is 14.7 Å². The zero-order chi connectivity index (χ0) is 27.4. The van der Waals surface area contributed by atoms with Crippen LogP contribution in [0.2, 0.25) is 0 Å². The van der Waals surface area contributed by atoms with Crippen LogP contribution in [-0.4, -0.2) is 76.6 Å². The third-order valence-electron chi connectivity index (χ3n) is 8.40. The van der Waals surface area contributed by atoms with Crippen molar-refractivity contribution in [2.75, 3.05) is 43.6 Å². The summed E-state index contributed by atoms with van der Waals surface area (Å²) in [6.45, 7) is 2.41. The van der Waals surface area contributed by atoms with Crippen LogP contribution < -0.4 is 9.64 Å². The molecule has 1 atom stereocenters. The number of phenolic OH excluding ortho intramolecular Hbond substituents is 1. The Hall–Kier alpha value is -3.69. The number of benzene rings is 2. The Morgan fingerprint density at radius 1 is 1.02 bits per heavy atom. The quantitative estimate of drug-likeness (QED) is 0.292. The molecule has 4 heterocycles. The van der Waals surface area contributed by atoms with Gasteiger partial charge in [0.05, 0.1) is 30.5 Å². The van der Waals surface area contributed by atoms with Gasteiger partial charge in [0.15, 0.2) is 0 Å². The number of aromatic nitrogens is 2. The number of rotatable bonds is 5. The molecule has 1 saturated carbocycles. The number of aromatic amines is 2. The third kappa shape index (κ3) is 4.28. The zero-order valence-electron chi connectivity index (χ0n) is 22.0. The molecule has 10 heteroatoms. The van der Waals surface area contributed by atoms with Gasteiger partial charge in [-0.1, -0.05) is 0 Å². The first kappa shape index (κ1) is 25.3. The largest absolute Gasteiger partial charge is 0.506 e. The molecular weight excluding hydrogens is 532 g/mol. The number of anilines is 1. The Bertz CT molecular complexity index is 1620. The van der Waals surface area contributed by atoms with Crippen molar-refractivity contribution in [3.05, 3.63) is 53.3 Å². The van der Waals surface area contributed by atoms with Crippen molar-refractivity contribution in [2.45, 2.75) is 37.7 Å². The Labute approximate surface area is 236 Å². The van der Waals surface area contributed by atoms with E-state index in [1.54, 1.807) is 21.9 Å². The summed E-state index contributed by atoms with van der Waals surface area (Å²) in [5.41, 5.74) is 3.63.